The zero-order valence-corrected chi connectivity index (χ0v) is 10.00. The Labute approximate surface area is 107 Å². The first-order valence-electron chi connectivity index (χ1n) is 4.66. The Balaban J connectivity index is 2.04. The highest BCUT2D eigenvalue weighted by atomic mass is 35.5. The van der Waals surface area contributed by atoms with E-state index in [1.54, 1.807) is 6.07 Å². The molecule has 5 nitrogen and oxygen atoms in total. The zero-order chi connectivity index (χ0) is 12.3. The van der Waals surface area contributed by atoms with Crippen LogP contribution in [0.2, 0.25) is 10.3 Å². The van der Waals surface area contributed by atoms with Gasteiger partial charge in [0.05, 0.1) is 6.54 Å². The lowest BCUT2D eigenvalue weighted by molar-refractivity contribution is 0.0950. The Kier molecular flexibility index (Phi) is 3.61. The van der Waals surface area contributed by atoms with E-state index in [0.717, 1.165) is 0 Å². The molecule has 0 radical (unpaired) electrons. The molecule has 1 amide bonds. The second-order valence-corrected chi connectivity index (χ2v) is 3.95. The van der Waals surface area contributed by atoms with Crippen LogP contribution in [-0.2, 0) is 6.54 Å². The number of aromatic nitrogens is 2. The third kappa shape index (κ3) is 3.18. The maximum atomic E-state index is 11.7. The van der Waals surface area contributed by atoms with Gasteiger partial charge in [-0.15, -0.1) is 0 Å². The molecule has 7 heteroatoms. The number of nitrogens with zero attached hydrogens (tertiary/aromatic N) is 2. The zero-order valence-electron chi connectivity index (χ0n) is 8.48. The van der Waals surface area contributed by atoms with Crippen molar-refractivity contribution in [2.45, 2.75) is 6.54 Å². The van der Waals surface area contributed by atoms with Crippen LogP contribution in [0.25, 0.3) is 0 Å². The van der Waals surface area contributed by atoms with Crippen LogP contribution in [0, 0.1) is 0 Å². The predicted octanol–water partition coefficient (Wildman–Crippen LogP) is 2.31. The SMILES string of the molecule is O=C(NCc1ccon1)c1cc(Cl)nc(Cl)c1. The second-order valence-electron chi connectivity index (χ2n) is 3.17. The fourth-order valence-corrected chi connectivity index (χ4v) is 1.66. The van der Waals surface area contributed by atoms with Crippen molar-refractivity contribution in [2.24, 2.45) is 0 Å². The molecule has 88 valence electrons. The molecule has 0 aliphatic carbocycles. The molecule has 0 aliphatic rings. The molecule has 0 saturated carbocycles. The number of amides is 1. The van der Waals surface area contributed by atoms with Gasteiger partial charge in [0.1, 0.15) is 22.3 Å². The minimum atomic E-state index is -0.306. The molecule has 0 aromatic carbocycles. The van der Waals surface area contributed by atoms with Crippen molar-refractivity contribution in [3.05, 3.63) is 46.0 Å². The molecule has 0 aliphatic heterocycles. The lowest BCUT2D eigenvalue weighted by atomic mass is 10.2. The molecule has 0 bridgehead atoms. The number of hydrogen-bond acceptors (Lipinski definition) is 4. The molecule has 1 N–H and O–H groups in total. The highest BCUT2D eigenvalue weighted by molar-refractivity contribution is 6.33. The van der Waals surface area contributed by atoms with Crippen LogP contribution in [0.1, 0.15) is 16.1 Å². The summed E-state index contributed by atoms with van der Waals surface area (Å²) >= 11 is 11.4. The Morgan fingerprint density at radius 2 is 2.06 bits per heavy atom. The molecule has 0 atom stereocenters. The average Bonchev–Trinajstić information content (AvgIpc) is 2.77. The molecule has 0 saturated heterocycles. The van der Waals surface area contributed by atoms with Crippen molar-refractivity contribution in [3.63, 3.8) is 0 Å². The van der Waals surface area contributed by atoms with Gasteiger partial charge in [-0.3, -0.25) is 4.79 Å². The van der Waals surface area contributed by atoms with Crippen molar-refractivity contribution < 1.29 is 9.32 Å². The van der Waals surface area contributed by atoms with Gasteiger partial charge in [-0.2, -0.15) is 0 Å². The summed E-state index contributed by atoms with van der Waals surface area (Å²) < 4.78 is 4.64. The minimum absolute atomic E-state index is 0.170. The van der Waals surface area contributed by atoms with Crippen molar-refractivity contribution in [2.75, 3.05) is 0 Å². The lowest BCUT2D eigenvalue weighted by Gasteiger charge is -2.03. The molecule has 0 unspecified atom stereocenters. The molecule has 2 aromatic rings. The summed E-state index contributed by atoms with van der Waals surface area (Å²) in [6, 6.07) is 4.53. The number of halogens is 2. The van der Waals surface area contributed by atoms with Crippen LogP contribution in [0.4, 0.5) is 0 Å². The first-order chi connectivity index (χ1) is 8.15. The number of rotatable bonds is 3. The van der Waals surface area contributed by atoms with E-state index in [1.165, 1.54) is 18.4 Å². The second kappa shape index (κ2) is 5.16. The third-order valence-corrected chi connectivity index (χ3v) is 2.33. The van der Waals surface area contributed by atoms with Crippen LogP contribution in [0.3, 0.4) is 0 Å². The summed E-state index contributed by atoms with van der Waals surface area (Å²) in [7, 11) is 0. The van der Waals surface area contributed by atoms with Gasteiger partial charge < -0.3 is 9.84 Å². The highest BCUT2D eigenvalue weighted by Crippen LogP contribution is 2.14. The van der Waals surface area contributed by atoms with Gasteiger partial charge in [0.2, 0.25) is 0 Å². The highest BCUT2D eigenvalue weighted by Gasteiger charge is 2.09. The summed E-state index contributed by atoms with van der Waals surface area (Å²) in [5.41, 5.74) is 0.975. The fourth-order valence-electron chi connectivity index (χ4n) is 1.20. The van der Waals surface area contributed by atoms with E-state index in [1.807, 2.05) is 0 Å². The smallest absolute Gasteiger partial charge is 0.251 e. The van der Waals surface area contributed by atoms with Crippen LogP contribution in [0.15, 0.2) is 29.0 Å². The van der Waals surface area contributed by atoms with Crippen molar-refractivity contribution in [1.82, 2.24) is 15.5 Å². The third-order valence-electron chi connectivity index (χ3n) is 1.95. The van der Waals surface area contributed by atoms with E-state index in [9.17, 15) is 4.79 Å². The van der Waals surface area contributed by atoms with E-state index in [4.69, 9.17) is 23.2 Å². The van der Waals surface area contributed by atoms with Crippen molar-refractivity contribution >= 4 is 29.1 Å². The maximum absolute atomic E-state index is 11.7. The van der Waals surface area contributed by atoms with Crippen LogP contribution < -0.4 is 5.32 Å². The monoisotopic (exact) mass is 271 g/mol. The first kappa shape index (κ1) is 11.9. The van der Waals surface area contributed by atoms with E-state index >= 15 is 0 Å². The molecule has 17 heavy (non-hydrogen) atoms. The van der Waals surface area contributed by atoms with E-state index in [0.29, 0.717) is 11.3 Å². The lowest BCUT2D eigenvalue weighted by Crippen LogP contribution is -2.23. The van der Waals surface area contributed by atoms with Gasteiger partial charge in [0.15, 0.2) is 0 Å². The van der Waals surface area contributed by atoms with E-state index in [-0.39, 0.29) is 22.8 Å². The van der Waals surface area contributed by atoms with Crippen LogP contribution in [-0.4, -0.2) is 16.0 Å². The van der Waals surface area contributed by atoms with Gasteiger partial charge in [0, 0.05) is 11.6 Å². The first-order valence-corrected chi connectivity index (χ1v) is 5.41. The molecule has 0 fully saturated rings. The molecule has 2 rings (SSSR count). The number of carbonyl (C=O) groups excluding carboxylic acids is 1. The predicted molar refractivity (Wildman–Crippen MR) is 61.9 cm³/mol. The van der Waals surface area contributed by atoms with Gasteiger partial charge in [-0.05, 0) is 12.1 Å². The normalized spacial score (nSPS) is 10.2. The van der Waals surface area contributed by atoms with Crippen LogP contribution in [0.5, 0.6) is 0 Å². The van der Waals surface area contributed by atoms with Crippen molar-refractivity contribution in [1.29, 1.82) is 0 Å². The molecular weight excluding hydrogens is 265 g/mol. The van der Waals surface area contributed by atoms with Gasteiger partial charge in [-0.25, -0.2) is 4.98 Å². The number of hydrogen-bond donors (Lipinski definition) is 1. The number of nitrogens with one attached hydrogen (secondary N) is 1. The standard InChI is InChI=1S/C10H7Cl2N3O2/c11-8-3-6(4-9(12)14-8)10(16)13-5-7-1-2-17-15-7/h1-4H,5H2,(H,13,16). The summed E-state index contributed by atoms with van der Waals surface area (Å²) in [5, 5.41) is 6.65. The van der Waals surface area contributed by atoms with Gasteiger partial charge >= 0.3 is 0 Å². The van der Waals surface area contributed by atoms with E-state index in [2.05, 4.69) is 20.0 Å². The number of carbonyl (C=O) groups is 1. The van der Waals surface area contributed by atoms with E-state index < -0.39 is 0 Å². The molecule has 0 spiro atoms. The maximum Gasteiger partial charge on any atom is 0.251 e. The minimum Gasteiger partial charge on any atom is -0.364 e. The summed E-state index contributed by atoms with van der Waals surface area (Å²) in [6.07, 6.45) is 1.43. The summed E-state index contributed by atoms with van der Waals surface area (Å²) in [5.74, 6) is -0.306. The largest absolute Gasteiger partial charge is 0.364 e. The van der Waals surface area contributed by atoms with Gasteiger partial charge in [0.25, 0.3) is 5.91 Å². The number of pyridine rings is 1. The fraction of sp³-hybridized carbons (Fsp3) is 0.100. The molecule has 2 aromatic heterocycles. The average molecular weight is 272 g/mol. The Hall–Kier alpha value is -1.59. The Morgan fingerprint density at radius 3 is 2.65 bits per heavy atom. The summed E-state index contributed by atoms with van der Waals surface area (Å²) in [4.78, 5) is 15.5. The van der Waals surface area contributed by atoms with Crippen LogP contribution >= 0.6 is 23.2 Å². The van der Waals surface area contributed by atoms with Crippen molar-refractivity contribution in [3.8, 4) is 0 Å². The quantitative estimate of drug-likeness (QED) is 0.870. The molecular formula is C10H7Cl2N3O2. The summed E-state index contributed by atoms with van der Waals surface area (Å²) in [6.45, 7) is 0.271. The Bertz CT molecular complexity index is 508. The van der Waals surface area contributed by atoms with Gasteiger partial charge in [-0.1, -0.05) is 28.4 Å². The topological polar surface area (TPSA) is 68.0 Å². The molecule has 2 heterocycles. The Morgan fingerprint density at radius 1 is 1.35 bits per heavy atom.